The van der Waals surface area contributed by atoms with E-state index >= 15 is 0 Å². The Balaban J connectivity index is 1.83. The molecular formula is C14H21N3OS. The van der Waals surface area contributed by atoms with Crippen LogP contribution in [0.15, 0.2) is 24.3 Å². The van der Waals surface area contributed by atoms with Gasteiger partial charge in [-0.1, -0.05) is 12.2 Å². The van der Waals surface area contributed by atoms with Crippen LogP contribution in [0.4, 0.5) is 5.69 Å². The molecule has 0 aliphatic carbocycles. The van der Waals surface area contributed by atoms with Crippen LogP contribution in [0.5, 0.6) is 5.75 Å². The summed E-state index contributed by atoms with van der Waals surface area (Å²) >= 11 is 4.92. The van der Waals surface area contributed by atoms with E-state index in [1.54, 1.807) is 7.11 Å². The zero-order valence-electron chi connectivity index (χ0n) is 11.3. The molecule has 2 N–H and O–H groups in total. The van der Waals surface area contributed by atoms with Crippen LogP contribution in [0.1, 0.15) is 6.42 Å². The normalized spacial score (nSPS) is 16.4. The van der Waals surface area contributed by atoms with Gasteiger partial charge in [-0.25, -0.2) is 0 Å². The molecule has 0 unspecified atom stereocenters. The van der Waals surface area contributed by atoms with Gasteiger partial charge in [-0.2, -0.15) is 0 Å². The summed E-state index contributed by atoms with van der Waals surface area (Å²) in [5, 5.41) is 0. The number of methoxy groups -OCH3 is 1. The maximum absolute atomic E-state index is 5.54. The Bertz CT molecular complexity index is 413. The highest BCUT2D eigenvalue weighted by Gasteiger charge is 2.16. The maximum Gasteiger partial charge on any atom is 0.119 e. The Morgan fingerprint density at radius 1 is 1.21 bits per heavy atom. The summed E-state index contributed by atoms with van der Waals surface area (Å²) in [5.74, 6) is 0.902. The molecule has 2 rings (SSSR count). The third kappa shape index (κ3) is 4.08. The fraction of sp³-hybridized carbons (Fsp3) is 0.500. The van der Waals surface area contributed by atoms with Crippen molar-refractivity contribution in [1.82, 2.24) is 4.90 Å². The van der Waals surface area contributed by atoms with Crippen LogP contribution in [-0.2, 0) is 0 Å². The molecule has 1 aliphatic rings. The SMILES string of the molecule is COc1ccc(N2CCN(CCC(N)=S)CC2)cc1. The smallest absolute Gasteiger partial charge is 0.119 e. The molecule has 0 aromatic heterocycles. The molecule has 1 aliphatic heterocycles. The number of nitrogens with zero attached hydrogens (tertiary/aromatic N) is 2. The summed E-state index contributed by atoms with van der Waals surface area (Å²) in [6.45, 7) is 5.20. The third-order valence-electron chi connectivity index (χ3n) is 3.48. The van der Waals surface area contributed by atoms with Crippen molar-refractivity contribution in [3.8, 4) is 5.75 Å². The Kier molecular flexibility index (Phi) is 4.99. The molecule has 0 radical (unpaired) electrons. The van der Waals surface area contributed by atoms with Gasteiger partial charge in [-0.05, 0) is 24.3 Å². The van der Waals surface area contributed by atoms with Crippen molar-refractivity contribution >= 4 is 22.9 Å². The molecule has 1 aromatic rings. The highest BCUT2D eigenvalue weighted by Crippen LogP contribution is 2.20. The van der Waals surface area contributed by atoms with Crippen molar-refractivity contribution in [3.05, 3.63) is 24.3 Å². The number of piperazine rings is 1. The maximum atomic E-state index is 5.54. The first-order valence-corrected chi connectivity index (χ1v) is 6.99. The van der Waals surface area contributed by atoms with Crippen LogP contribution in [0.25, 0.3) is 0 Å². The van der Waals surface area contributed by atoms with Crippen LogP contribution in [-0.4, -0.2) is 49.7 Å². The van der Waals surface area contributed by atoms with E-state index in [9.17, 15) is 0 Å². The van der Waals surface area contributed by atoms with Crippen molar-refractivity contribution in [3.63, 3.8) is 0 Å². The van der Waals surface area contributed by atoms with Gasteiger partial charge in [-0.3, -0.25) is 4.90 Å². The second-order valence-corrected chi connectivity index (χ2v) is 5.27. The molecule has 0 bridgehead atoms. The molecule has 0 amide bonds. The number of ether oxygens (including phenoxy) is 1. The monoisotopic (exact) mass is 279 g/mol. The van der Waals surface area contributed by atoms with E-state index in [2.05, 4.69) is 21.9 Å². The zero-order chi connectivity index (χ0) is 13.7. The van der Waals surface area contributed by atoms with E-state index < -0.39 is 0 Å². The molecule has 0 atom stereocenters. The average Bonchev–Trinajstić information content (AvgIpc) is 2.46. The molecule has 104 valence electrons. The molecule has 5 heteroatoms. The molecule has 0 spiro atoms. The van der Waals surface area contributed by atoms with E-state index in [0.29, 0.717) is 4.99 Å². The molecule has 4 nitrogen and oxygen atoms in total. The first kappa shape index (κ1) is 14.1. The summed E-state index contributed by atoms with van der Waals surface area (Å²) in [6, 6.07) is 8.25. The second kappa shape index (κ2) is 6.73. The minimum Gasteiger partial charge on any atom is -0.497 e. The zero-order valence-corrected chi connectivity index (χ0v) is 12.2. The lowest BCUT2D eigenvalue weighted by molar-refractivity contribution is 0.265. The van der Waals surface area contributed by atoms with Gasteiger partial charge in [0.05, 0.1) is 12.1 Å². The van der Waals surface area contributed by atoms with Gasteiger partial charge < -0.3 is 15.4 Å². The topological polar surface area (TPSA) is 41.7 Å². The van der Waals surface area contributed by atoms with Gasteiger partial charge in [0.2, 0.25) is 0 Å². The quantitative estimate of drug-likeness (QED) is 0.827. The second-order valence-electron chi connectivity index (χ2n) is 4.74. The van der Waals surface area contributed by atoms with E-state index in [-0.39, 0.29) is 0 Å². The summed E-state index contributed by atoms with van der Waals surface area (Å²) in [6.07, 6.45) is 0.817. The lowest BCUT2D eigenvalue weighted by atomic mass is 10.2. The number of hydrogen-bond acceptors (Lipinski definition) is 4. The summed E-state index contributed by atoms with van der Waals surface area (Å²) in [7, 11) is 1.69. The predicted octanol–water partition coefficient (Wildman–Crippen LogP) is 1.49. The fourth-order valence-electron chi connectivity index (χ4n) is 2.29. The number of hydrogen-bond donors (Lipinski definition) is 1. The molecule has 19 heavy (non-hydrogen) atoms. The summed E-state index contributed by atoms with van der Waals surface area (Å²) in [4.78, 5) is 5.42. The van der Waals surface area contributed by atoms with E-state index in [4.69, 9.17) is 22.7 Å². The van der Waals surface area contributed by atoms with E-state index in [1.165, 1.54) is 5.69 Å². The van der Waals surface area contributed by atoms with Gasteiger partial charge in [0, 0.05) is 44.8 Å². The van der Waals surface area contributed by atoms with Crippen LogP contribution in [0, 0.1) is 0 Å². The van der Waals surface area contributed by atoms with Crippen molar-refractivity contribution in [1.29, 1.82) is 0 Å². The molecule has 1 saturated heterocycles. The minimum atomic E-state index is 0.609. The van der Waals surface area contributed by atoms with Crippen LogP contribution in [0.3, 0.4) is 0 Å². The third-order valence-corrected chi connectivity index (χ3v) is 3.69. The highest BCUT2D eigenvalue weighted by atomic mass is 32.1. The molecule has 0 saturated carbocycles. The van der Waals surface area contributed by atoms with Crippen molar-refractivity contribution in [2.45, 2.75) is 6.42 Å². The van der Waals surface area contributed by atoms with Gasteiger partial charge in [0.15, 0.2) is 0 Å². The first-order valence-electron chi connectivity index (χ1n) is 6.58. The summed E-state index contributed by atoms with van der Waals surface area (Å²) < 4.78 is 5.18. The van der Waals surface area contributed by atoms with Crippen LogP contribution < -0.4 is 15.4 Å². The van der Waals surface area contributed by atoms with Crippen molar-refractivity contribution < 1.29 is 4.74 Å². The number of thiocarbonyl (C=S) groups is 1. The van der Waals surface area contributed by atoms with Gasteiger partial charge >= 0.3 is 0 Å². The van der Waals surface area contributed by atoms with E-state index in [1.807, 2.05) is 12.1 Å². The molecule has 1 aromatic carbocycles. The highest BCUT2D eigenvalue weighted by molar-refractivity contribution is 7.80. The van der Waals surface area contributed by atoms with E-state index in [0.717, 1.165) is 44.9 Å². The first-order chi connectivity index (χ1) is 9.19. The minimum absolute atomic E-state index is 0.609. The number of anilines is 1. The Hall–Kier alpha value is -1.33. The van der Waals surface area contributed by atoms with Gasteiger partial charge in [-0.15, -0.1) is 0 Å². The largest absolute Gasteiger partial charge is 0.497 e. The lowest BCUT2D eigenvalue weighted by Gasteiger charge is -2.36. The Morgan fingerprint density at radius 3 is 2.37 bits per heavy atom. The van der Waals surface area contributed by atoms with Crippen LogP contribution in [0.2, 0.25) is 0 Å². The Labute approximate surface area is 120 Å². The Morgan fingerprint density at radius 2 is 1.84 bits per heavy atom. The lowest BCUT2D eigenvalue weighted by Crippen LogP contribution is -2.47. The molecule has 1 heterocycles. The average molecular weight is 279 g/mol. The number of nitrogens with two attached hydrogens (primary N) is 1. The van der Waals surface area contributed by atoms with Gasteiger partial charge in [0.25, 0.3) is 0 Å². The van der Waals surface area contributed by atoms with Crippen molar-refractivity contribution in [2.75, 3.05) is 44.7 Å². The molecular weight excluding hydrogens is 258 g/mol. The standard InChI is InChI=1S/C14H21N3OS/c1-18-13-4-2-12(3-5-13)17-10-8-16(9-11-17)7-6-14(15)19/h2-5H,6-11H2,1H3,(H2,15,19). The molecule has 1 fully saturated rings. The number of rotatable bonds is 5. The summed E-state index contributed by atoms with van der Waals surface area (Å²) in [5.41, 5.74) is 6.80. The van der Waals surface area contributed by atoms with Crippen LogP contribution >= 0.6 is 12.2 Å². The predicted molar refractivity (Wildman–Crippen MR) is 83.0 cm³/mol. The van der Waals surface area contributed by atoms with Gasteiger partial charge in [0.1, 0.15) is 5.75 Å². The van der Waals surface area contributed by atoms with Crippen molar-refractivity contribution in [2.24, 2.45) is 5.73 Å². The number of benzene rings is 1. The fourth-order valence-corrected chi connectivity index (χ4v) is 2.38.